The Balaban J connectivity index is 0.000000215. The second kappa shape index (κ2) is 45.6. The number of nitrogen functional groups attached to an aromatic ring is 8. The fourth-order valence-corrected chi connectivity index (χ4v) is 12.1. The van der Waals surface area contributed by atoms with Gasteiger partial charge in [-0.05, 0) is 288 Å². The third kappa shape index (κ3) is 30.2. The smallest absolute Gasteiger partial charge is 0.335 e. The summed E-state index contributed by atoms with van der Waals surface area (Å²) in [7, 11) is 7.36. The summed E-state index contributed by atoms with van der Waals surface area (Å²) in [4.78, 5) is 87.1. The molecule has 1 amide bonds. The predicted molar refractivity (Wildman–Crippen MR) is 504 cm³/mol. The second-order valence-electron chi connectivity index (χ2n) is 24.4. The normalized spacial score (nSPS) is 10.2. The van der Waals surface area contributed by atoms with Gasteiger partial charge in [0.25, 0.3) is 28.5 Å². The molecule has 118 heavy (non-hydrogen) atoms. The number of hydrogen-bond acceptors (Lipinski definition) is 22. The first-order valence-corrected chi connectivity index (χ1v) is 41.8. The molecule has 0 radical (unpaired) electrons. The number of fused-ring (bicyclic) bond motifs is 1. The maximum Gasteiger partial charge on any atom is 0.335 e. The first kappa shape index (κ1) is 95.8. The fraction of sp³-hybridized carbons (Fsp3) is 0.0779. The van der Waals surface area contributed by atoms with Crippen LogP contribution in [0.5, 0.6) is 0 Å². The van der Waals surface area contributed by atoms with Gasteiger partial charge >= 0.3 is 5.97 Å². The second-order valence-corrected chi connectivity index (χ2v) is 32.9. The highest BCUT2D eigenvalue weighted by atomic mass is 127. The number of aromatic amines is 1. The van der Waals surface area contributed by atoms with Crippen molar-refractivity contribution in [2.75, 3.05) is 51.2 Å². The van der Waals surface area contributed by atoms with Crippen molar-refractivity contribution in [3.8, 4) is 34.1 Å². The van der Waals surface area contributed by atoms with Gasteiger partial charge in [0.15, 0.2) is 0 Å². The molecule has 0 spiro atoms. The molecule has 0 saturated carbocycles. The van der Waals surface area contributed by atoms with Gasteiger partial charge < -0.3 is 84.7 Å². The first-order chi connectivity index (χ1) is 55.6. The number of aliphatic carboxylic acids is 1. The number of carboxylic acid groups (broad SMARTS) is 2. The first-order valence-electron chi connectivity index (χ1n) is 33.5. The maximum absolute atomic E-state index is 12.4. The van der Waals surface area contributed by atoms with Gasteiger partial charge in [0.1, 0.15) is 17.2 Å². The number of carbonyl (C=O) groups excluding carboxylic acids is 2. The average molecular weight is 2190 g/mol. The van der Waals surface area contributed by atoms with E-state index in [1.807, 2.05) is 150 Å². The van der Waals surface area contributed by atoms with E-state index in [-0.39, 0.29) is 34.2 Å². The van der Waals surface area contributed by atoms with Gasteiger partial charge in [-0.3, -0.25) is 34.6 Å². The number of benzene rings is 9. The van der Waals surface area contributed by atoms with Crippen LogP contribution >= 0.6 is 139 Å². The zero-order valence-electron chi connectivity index (χ0n) is 62.7. The molecule has 0 fully saturated rings. The molecule has 0 aliphatic carbocycles. The van der Waals surface area contributed by atoms with Crippen LogP contribution in [0.25, 0.3) is 45.2 Å². The van der Waals surface area contributed by atoms with E-state index in [0.29, 0.717) is 55.4 Å². The number of nitro groups is 2. The topological polar surface area (TPSA) is 532 Å². The van der Waals surface area contributed by atoms with Crippen LogP contribution in [0, 0.1) is 69.1 Å². The lowest BCUT2D eigenvalue weighted by Gasteiger charge is -2.11. The summed E-state index contributed by atoms with van der Waals surface area (Å²) in [6.07, 6.45) is 14.5. The van der Waals surface area contributed by atoms with Crippen LogP contribution < -0.4 is 51.2 Å². The van der Waals surface area contributed by atoms with Gasteiger partial charge in [0.05, 0.1) is 103 Å². The van der Waals surface area contributed by atoms with Crippen LogP contribution in [-0.2, 0) is 14.0 Å². The molecule has 14 rings (SSSR count). The van der Waals surface area contributed by atoms with Gasteiger partial charge in [-0.25, -0.2) is 33.9 Å². The number of halogens is 8. The molecule has 32 nitrogen and oxygen atoms in total. The third-order valence-corrected chi connectivity index (χ3v) is 20.1. The van der Waals surface area contributed by atoms with E-state index in [2.05, 4.69) is 146 Å². The van der Waals surface area contributed by atoms with E-state index >= 15 is 0 Å². The standard InChI is InChI=1S/C17H16IN5O.C17H14IN5.C10H10N4O2.C10H12N4.C8H6ClIO.C7H6INO2.C6H5BrN2O2.C2H4O2.Cl2OS/c1-10-8-23(9-21-10)12-3-5-16(15(20)7-12)22-17(24)11-2-4-14(19)13(18)6-11;1-10-8-23(9-20-10)12-3-5-15-16(7-12)22-17(21-15)11-2-4-14(19)13(18)6-11;1-7-5-13(6-12-7)8-2-3-9(11)10(4-8)14(15)16;1-7-5-14(6-13-7)8-2-3-9(11)10(12)4-8;1-5-2-3-6(8(9)11)4-7(5)10;8-5-3-4(7(10)11)1-2-6(5)9;7-4-1-2-5(8)6(3-4)9(10)11;1-2(3)4;1-4(2)3/h2-9H,19-20H2,1H3,(H,22,24);2-9H,19H2,1H3,(H,21,22);2-6H,11H2,1H3;2-6H,11-12H2,1H3;2-4H,1H3;1-3H,9H2,(H,10,11);1-3H,8H2;1H3,(H,3,4);. The van der Waals surface area contributed by atoms with Crippen molar-refractivity contribution in [3.05, 3.63) is 298 Å². The minimum absolute atomic E-state index is 0.0700. The molecule has 41 heteroatoms. The zero-order valence-corrected chi connectivity index (χ0v) is 76.0. The molecule has 0 atom stereocenters. The van der Waals surface area contributed by atoms with Crippen LogP contribution in [0.1, 0.15) is 66.3 Å². The van der Waals surface area contributed by atoms with Gasteiger partial charge in [-0.15, -0.1) is 0 Å². The molecule has 5 heterocycles. The van der Waals surface area contributed by atoms with Crippen molar-refractivity contribution in [2.45, 2.75) is 41.5 Å². The molecule has 0 aliphatic heterocycles. The highest BCUT2D eigenvalue weighted by Crippen LogP contribution is 2.30. The van der Waals surface area contributed by atoms with E-state index in [9.17, 15) is 34.6 Å². The number of H-pyrrole nitrogens is 1. The molecule has 0 bridgehead atoms. The van der Waals surface area contributed by atoms with Crippen LogP contribution in [0.2, 0.25) is 0 Å². The van der Waals surface area contributed by atoms with Gasteiger partial charge in [-0.2, -0.15) is 0 Å². The van der Waals surface area contributed by atoms with Crippen LogP contribution in [0.15, 0.2) is 218 Å². The Bertz CT molecular complexity index is 5890. The van der Waals surface area contributed by atoms with E-state index in [0.717, 1.165) is 94.7 Å². The Hall–Kier alpha value is -11.0. The Morgan fingerprint density at radius 1 is 0.483 bits per heavy atom. The molecule has 614 valence electrons. The summed E-state index contributed by atoms with van der Waals surface area (Å²) < 4.78 is 20.9. The predicted octanol–water partition coefficient (Wildman–Crippen LogP) is 17.8. The lowest BCUT2D eigenvalue weighted by atomic mass is 10.2. The van der Waals surface area contributed by atoms with Crippen molar-refractivity contribution < 1.29 is 43.4 Å². The van der Waals surface area contributed by atoms with Crippen molar-refractivity contribution in [3.63, 3.8) is 0 Å². The number of amides is 1. The largest absolute Gasteiger partial charge is 0.481 e. The molecule has 0 saturated heterocycles. The van der Waals surface area contributed by atoms with Crippen molar-refractivity contribution in [1.29, 1.82) is 0 Å². The minimum Gasteiger partial charge on any atom is -0.481 e. The SMILES string of the molecule is CC(=O)O.Cc1ccc(C(=O)Cl)cc1I.Cc1cn(-c2ccc(N)c(N)c2)cn1.Cc1cn(-c2ccc(N)c([N+](=O)[O-])c2)cn1.Cc1cn(-c2ccc(NC(=O)c3ccc(N)c(I)c3)c(N)c2)cn1.Cc1cn(-c2ccc3nc(-c4ccc(N)c(I)c4)[nH]c3c2)cn1.Nc1ccc(Br)cc1[N+](=O)[O-].Nc1ccc(C(=O)O)cc1I.O=S(Cl)Cl. The highest BCUT2D eigenvalue weighted by molar-refractivity contribution is 14.1. The number of nitrogens with one attached hydrogen (secondary N) is 2. The quantitative estimate of drug-likeness (QED) is 0.0188. The van der Waals surface area contributed by atoms with Crippen molar-refractivity contribution >= 4 is 245 Å². The minimum atomic E-state index is -1.67. The van der Waals surface area contributed by atoms with Gasteiger partial charge in [0.2, 0.25) is 9.23 Å². The summed E-state index contributed by atoms with van der Waals surface area (Å²) in [5.41, 5.74) is 62.6. The van der Waals surface area contributed by atoms with Gasteiger partial charge in [0, 0.05) is 135 Å². The average Bonchev–Trinajstić information content (AvgIpc) is 1.72. The number of carbonyl (C=O) groups is 4. The Morgan fingerprint density at radius 3 is 1.28 bits per heavy atom. The number of aryl methyl sites for hydroxylation is 5. The van der Waals surface area contributed by atoms with E-state index in [4.69, 9.17) is 76.7 Å². The number of carboxylic acids is 2. The maximum atomic E-state index is 12.4. The number of nitrogens with two attached hydrogens (primary N) is 8. The summed E-state index contributed by atoms with van der Waals surface area (Å²) in [6.45, 7) is 10.8. The number of anilines is 9. The molecular weight excluding hydrogens is 2120 g/mol. The van der Waals surface area contributed by atoms with Crippen LogP contribution in [0.4, 0.5) is 62.6 Å². The lowest BCUT2D eigenvalue weighted by Crippen LogP contribution is -2.13. The lowest BCUT2D eigenvalue weighted by molar-refractivity contribution is -0.384. The van der Waals surface area contributed by atoms with E-state index < -0.39 is 36.3 Å². The Labute approximate surface area is 753 Å². The molecule has 20 N–H and O–H groups in total. The van der Waals surface area contributed by atoms with Crippen LogP contribution in [-0.4, -0.2) is 95.5 Å². The fourth-order valence-electron chi connectivity index (χ4n) is 9.53. The zero-order chi connectivity index (χ0) is 87.5. The van der Waals surface area contributed by atoms with Crippen LogP contribution in [0.3, 0.4) is 0 Å². The Kier molecular flexibility index (Phi) is 37.1. The number of aromatic carboxylic acids is 1. The van der Waals surface area contributed by atoms with Crippen molar-refractivity contribution in [2.24, 2.45) is 0 Å². The number of hydrogen-bond donors (Lipinski definition) is 12. The van der Waals surface area contributed by atoms with E-state index in [1.54, 1.807) is 96.5 Å². The highest BCUT2D eigenvalue weighted by Gasteiger charge is 2.16. The number of rotatable bonds is 11. The summed E-state index contributed by atoms with van der Waals surface area (Å²) in [6, 6.07) is 47.4. The number of nitro benzene ring substituents is 2. The molecule has 0 aliphatic rings. The van der Waals surface area contributed by atoms with E-state index in [1.165, 1.54) is 36.4 Å². The monoisotopic (exact) mass is 2190 g/mol. The molecule has 5 aromatic heterocycles. The molecule has 9 aromatic carbocycles. The molecular formula is C77H73BrCl3I4N21O11S. The summed E-state index contributed by atoms with van der Waals surface area (Å²) in [5, 5.41) is 39.4. The summed E-state index contributed by atoms with van der Waals surface area (Å²) >= 11 is 16.9. The third-order valence-electron chi connectivity index (χ3n) is 15.4. The van der Waals surface area contributed by atoms with Gasteiger partial charge in [-0.1, -0.05) is 22.0 Å². The summed E-state index contributed by atoms with van der Waals surface area (Å²) in [5.74, 6) is -1.15. The number of imidazole rings is 5. The number of aromatic nitrogens is 10. The molecule has 14 aromatic rings. The number of nitrogens with zero attached hydrogens (tertiary/aromatic N) is 11. The molecule has 0 unspecified atom stereocenters. The van der Waals surface area contributed by atoms with Crippen molar-refractivity contribution in [1.82, 2.24) is 48.2 Å². The Morgan fingerprint density at radius 2 is 0.864 bits per heavy atom.